The van der Waals surface area contributed by atoms with E-state index in [1.54, 1.807) is 24.5 Å². The maximum Gasteiger partial charge on any atom is 0.290 e. The second-order valence-corrected chi connectivity index (χ2v) is 7.25. The summed E-state index contributed by atoms with van der Waals surface area (Å²) in [4.78, 5) is 13.8. The van der Waals surface area contributed by atoms with E-state index >= 15 is 0 Å². The molecule has 1 aromatic heterocycles. The summed E-state index contributed by atoms with van der Waals surface area (Å²) in [5, 5.41) is 11.2. The van der Waals surface area contributed by atoms with Gasteiger partial charge in [-0.1, -0.05) is 11.6 Å². The number of nitro benzene ring substituents is 1. The summed E-state index contributed by atoms with van der Waals surface area (Å²) in [5.74, 6) is 0. The van der Waals surface area contributed by atoms with Crippen LogP contribution in [0.25, 0.3) is 0 Å². The highest BCUT2D eigenvalue weighted by atomic mass is 35.5. The van der Waals surface area contributed by atoms with E-state index in [0.29, 0.717) is 6.42 Å². The van der Waals surface area contributed by atoms with Gasteiger partial charge in [0, 0.05) is 37.1 Å². The van der Waals surface area contributed by atoms with Gasteiger partial charge < -0.3 is 0 Å². The zero-order valence-electron chi connectivity index (χ0n) is 12.2. The molecule has 2 aromatic rings. The van der Waals surface area contributed by atoms with Crippen molar-refractivity contribution in [3.63, 3.8) is 0 Å². The van der Waals surface area contributed by atoms with Crippen LogP contribution in [-0.4, -0.2) is 36.2 Å². The van der Waals surface area contributed by atoms with E-state index in [0.717, 1.165) is 22.0 Å². The number of aromatic nitrogens is 1. The van der Waals surface area contributed by atoms with Crippen LogP contribution in [0.4, 0.5) is 5.69 Å². The van der Waals surface area contributed by atoms with Gasteiger partial charge in [0.05, 0.1) is 4.92 Å². The van der Waals surface area contributed by atoms with E-state index in [1.807, 2.05) is 0 Å². The Morgan fingerprint density at radius 2 is 1.91 bits per heavy atom. The molecule has 0 amide bonds. The molecule has 0 bridgehead atoms. The van der Waals surface area contributed by atoms with Gasteiger partial charge in [-0.2, -0.15) is 0 Å². The van der Waals surface area contributed by atoms with Crippen molar-refractivity contribution in [3.8, 4) is 0 Å². The van der Waals surface area contributed by atoms with Crippen molar-refractivity contribution < 1.29 is 13.3 Å². The molecule has 1 heterocycles. The van der Waals surface area contributed by atoms with Gasteiger partial charge >= 0.3 is 0 Å². The molecule has 9 heteroatoms. The van der Waals surface area contributed by atoms with Gasteiger partial charge in [-0.15, -0.1) is 0 Å². The standard InChI is InChI=1S/C14H14ClN3O4S/c1-17(9-6-11-4-7-16-8-5-11)23(21,22)14-3-2-12(15)10-13(14)18(19)20/h2-5,7-8,10H,6,9H2,1H3. The Balaban J connectivity index is 2.26. The predicted octanol–water partition coefficient (Wildman–Crippen LogP) is 2.51. The number of halogens is 1. The molecule has 0 saturated heterocycles. The van der Waals surface area contributed by atoms with Crippen molar-refractivity contribution >= 4 is 27.3 Å². The maximum atomic E-state index is 12.6. The molecule has 0 fully saturated rings. The number of nitrogens with zero attached hydrogens (tertiary/aromatic N) is 3. The molecule has 0 aliphatic heterocycles. The molecule has 1 aromatic carbocycles. The third-order valence-corrected chi connectivity index (χ3v) is 5.41. The zero-order valence-corrected chi connectivity index (χ0v) is 13.8. The summed E-state index contributed by atoms with van der Waals surface area (Å²) in [7, 11) is -2.60. The summed E-state index contributed by atoms with van der Waals surface area (Å²) in [6, 6.07) is 7.07. The van der Waals surface area contributed by atoms with E-state index < -0.39 is 20.6 Å². The molecule has 0 saturated carbocycles. The molecule has 0 spiro atoms. The summed E-state index contributed by atoms with van der Waals surface area (Å²) >= 11 is 5.71. The Labute approximate surface area is 138 Å². The van der Waals surface area contributed by atoms with E-state index in [9.17, 15) is 18.5 Å². The first kappa shape index (κ1) is 17.3. The first-order valence-electron chi connectivity index (χ1n) is 6.61. The van der Waals surface area contributed by atoms with Crippen molar-refractivity contribution in [2.24, 2.45) is 0 Å². The van der Waals surface area contributed by atoms with Crippen LogP contribution >= 0.6 is 11.6 Å². The summed E-state index contributed by atoms with van der Waals surface area (Å²) in [6.45, 7) is 0.187. The van der Waals surface area contributed by atoms with E-state index in [-0.39, 0.29) is 16.5 Å². The second kappa shape index (κ2) is 7.03. The molecule has 0 unspecified atom stereocenters. The van der Waals surface area contributed by atoms with E-state index in [2.05, 4.69) is 4.98 Å². The van der Waals surface area contributed by atoms with Crippen LogP contribution in [0.3, 0.4) is 0 Å². The predicted molar refractivity (Wildman–Crippen MR) is 85.9 cm³/mol. The monoisotopic (exact) mass is 355 g/mol. The molecule has 0 radical (unpaired) electrons. The topological polar surface area (TPSA) is 93.4 Å². The fraction of sp³-hybridized carbons (Fsp3) is 0.214. The Hall–Kier alpha value is -2.03. The quantitative estimate of drug-likeness (QED) is 0.586. The highest BCUT2D eigenvalue weighted by molar-refractivity contribution is 7.89. The minimum atomic E-state index is -3.98. The molecular formula is C14H14ClN3O4S. The first-order valence-corrected chi connectivity index (χ1v) is 8.43. The summed E-state index contributed by atoms with van der Waals surface area (Å²) in [5.41, 5.74) is 0.390. The third kappa shape index (κ3) is 4.04. The molecule has 0 aliphatic rings. The number of hydrogen-bond acceptors (Lipinski definition) is 5. The SMILES string of the molecule is CN(CCc1ccncc1)S(=O)(=O)c1ccc(Cl)cc1[N+](=O)[O-]. The minimum absolute atomic E-state index is 0.107. The van der Waals surface area contributed by atoms with Crippen molar-refractivity contribution in [2.75, 3.05) is 13.6 Å². The molecule has 0 atom stereocenters. The Morgan fingerprint density at radius 1 is 1.26 bits per heavy atom. The van der Waals surface area contributed by atoms with Gasteiger partial charge in [0.2, 0.25) is 10.0 Å². The fourth-order valence-electron chi connectivity index (χ4n) is 1.98. The second-order valence-electron chi connectivity index (χ2n) is 4.80. The molecule has 0 N–H and O–H groups in total. The number of rotatable bonds is 6. The lowest BCUT2D eigenvalue weighted by Crippen LogP contribution is -2.29. The zero-order chi connectivity index (χ0) is 17.0. The number of benzene rings is 1. The van der Waals surface area contributed by atoms with Gasteiger partial charge in [0.1, 0.15) is 0 Å². The highest BCUT2D eigenvalue weighted by Gasteiger charge is 2.29. The van der Waals surface area contributed by atoms with Crippen LogP contribution in [0.2, 0.25) is 5.02 Å². The maximum absolute atomic E-state index is 12.6. The van der Waals surface area contributed by atoms with Gasteiger partial charge in [0.25, 0.3) is 5.69 Å². The Bertz CT molecular complexity index is 812. The van der Waals surface area contributed by atoms with Crippen molar-refractivity contribution in [1.82, 2.24) is 9.29 Å². The van der Waals surface area contributed by atoms with Crippen molar-refractivity contribution in [2.45, 2.75) is 11.3 Å². The van der Waals surface area contributed by atoms with Gasteiger partial charge in [-0.3, -0.25) is 15.1 Å². The molecular weight excluding hydrogens is 342 g/mol. The largest absolute Gasteiger partial charge is 0.290 e. The number of sulfonamides is 1. The lowest BCUT2D eigenvalue weighted by atomic mass is 10.2. The average Bonchev–Trinajstić information content (AvgIpc) is 2.53. The van der Waals surface area contributed by atoms with Crippen molar-refractivity contribution in [1.29, 1.82) is 0 Å². The summed E-state index contributed by atoms with van der Waals surface area (Å²) < 4.78 is 26.2. The Kier molecular flexibility index (Phi) is 5.30. The minimum Gasteiger partial charge on any atom is -0.265 e. The Morgan fingerprint density at radius 3 is 2.52 bits per heavy atom. The van der Waals surface area contributed by atoms with Crippen LogP contribution in [0.1, 0.15) is 5.56 Å². The lowest BCUT2D eigenvalue weighted by molar-refractivity contribution is -0.387. The molecule has 0 aliphatic carbocycles. The molecule has 122 valence electrons. The first-order chi connectivity index (χ1) is 10.8. The van der Waals surface area contributed by atoms with Gasteiger partial charge in [0.15, 0.2) is 4.90 Å². The third-order valence-electron chi connectivity index (χ3n) is 3.27. The van der Waals surface area contributed by atoms with Crippen molar-refractivity contribution in [3.05, 3.63) is 63.4 Å². The number of nitro groups is 1. The van der Waals surface area contributed by atoms with Crippen LogP contribution in [0, 0.1) is 10.1 Å². The van der Waals surface area contributed by atoms with Gasteiger partial charge in [-0.25, -0.2) is 12.7 Å². The molecule has 23 heavy (non-hydrogen) atoms. The average molecular weight is 356 g/mol. The van der Waals surface area contributed by atoms with E-state index in [1.165, 1.54) is 13.1 Å². The molecule has 7 nitrogen and oxygen atoms in total. The number of pyridine rings is 1. The fourth-order valence-corrected chi connectivity index (χ4v) is 3.45. The molecule has 2 rings (SSSR count). The van der Waals surface area contributed by atoms with Crippen LogP contribution in [0.5, 0.6) is 0 Å². The number of likely N-dealkylation sites (N-methyl/N-ethyl adjacent to an activating group) is 1. The normalized spacial score (nSPS) is 11.6. The summed E-state index contributed by atoms with van der Waals surface area (Å²) in [6.07, 6.45) is 3.71. The lowest BCUT2D eigenvalue weighted by Gasteiger charge is -2.17. The van der Waals surface area contributed by atoms with Crippen LogP contribution in [-0.2, 0) is 16.4 Å². The van der Waals surface area contributed by atoms with Crippen LogP contribution < -0.4 is 0 Å². The van der Waals surface area contributed by atoms with Crippen LogP contribution in [0.15, 0.2) is 47.6 Å². The van der Waals surface area contributed by atoms with E-state index in [4.69, 9.17) is 11.6 Å². The highest BCUT2D eigenvalue weighted by Crippen LogP contribution is 2.29. The van der Waals surface area contributed by atoms with Gasteiger partial charge in [-0.05, 0) is 36.2 Å². The smallest absolute Gasteiger partial charge is 0.265 e. The number of hydrogen-bond donors (Lipinski definition) is 0.